The molecule has 2 saturated heterocycles. The number of carbonyl (C=O) groups excluding carboxylic acids is 2. The van der Waals surface area contributed by atoms with Crippen LogP contribution in [-0.4, -0.2) is 52.5 Å². The van der Waals surface area contributed by atoms with Crippen LogP contribution in [0.4, 0.5) is 0 Å². The molecule has 0 amide bonds. The molecule has 1 N–H and O–H groups in total. The molecule has 0 aromatic heterocycles. The van der Waals surface area contributed by atoms with Crippen LogP contribution < -0.4 is 4.74 Å². The van der Waals surface area contributed by atoms with Gasteiger partial charge in [-0.2, -0.15) is 0 Å². The normalized spacial score (nSPS) is 42.6. The molecule has 5 fully saturated rings. The molecule has 48 heavy (non-hydrogen) atoms. The first-order valence-electron chi connectivity index (χ1n) is 18.2. The highest BCUT2D eigenvalue weighted by Gasteiger charge is 2.82. The summed E-state index contributed by atoms with van der Waals surface area (Å²) in [5, 5.41) is 12.8. The zero-order valence-electron chi connectivity index (χ0n) is 28.2. The Morgan fingerprint density at radius 1 is 0.938 bits per heavy atom. The van der Waals surface area contributed by atoms with Crippen molar-refractivity contribution in [2.45, 2.75) is 82.4 Å². The van der Waals surface area contributed by atoms with E-state index in [9.17, 15) is 5.11 Å². The fraction of sp³-hybridized carbons (Fsp3) is 0.524. The highest BCUT2D eigenvalue weighted by atomic mass is 32.2. The van der Waals surface area contributed by atoms with Gasteiger partial charge in [-0.1, -0.05) is 74.0 Å². The number of hydrogen-bond donors (Lipinski definition) is 1. The first-order valence-corrected chi connectivity index (χ1v) is 19.3. The van der Waals surface area contributed by atoms with Crippen LogP contribution in [0.5, 0.6) is 5.75 Å². The number of aliphatic hydroxyl groups excluding tert-OH is 1. The Hall–Kier alpha value is -2.93. The third kappa shape index (κ3) is 3.30. The summed E-state index contributed by atoms with van der Waals surface area (Å²) in [6.45, 7) is 4.75. The Morgan fingerprint density at radius 2 is 1.71 bits per heavy atom. The number of fused-ring (bicyclic) bond motifs is 9. The fourth-order valence-corrected chi connectivity index (χ4v) is 14.5. The van der Waals surface area contributed by atoms with Gasteiger partial charge in [0, 0.05) is 34.6 Å². The number of ether oxygens (including phenoxy) is 1. The molecule has 5 nitrogen and oxygen atoms in total. The molecule has 6 heteroatoms. The molecular formula is C42H45NO4S. The lowest BCUT2D eigenvalue weighted by Crippen LogP contribution is -2.58. The summed E-state index contributed by atoms with van der Waals surface area (Å²) in [6, 6.07) is 21.1. The average molecular weight is 660 g/mol. The number of hydrogen-bond acceptors (Lipinski definition) is 6. The minimum Gasteiger partial charge on any atom is -0.497 e. The van der Waals surface area contributed by atoms with Crippen LogP contribution in [0.3, 0.4) is 0 Å². The SMILES string of the molecule is COc1ccc([C@H]2[C@@H]3CSCN3[C@@]3(C(=O)c4cccc5cccc3c45)[C@@]23C[C@H]2[C@@H]4CC=C5C[C@@H](O)CC[C@]5(C)[C@H]4CC[C@]2(C)C3=O)cc1. The topological polar surface area (TPSA) is 66.8 Å². The lowest BCUT2D eigenvalue weighted by molar-refractivity contribution is -0.141. The van der Waals surface area contributed by atoms with Gasteiger partial charge in [-0.3, -0.25) is 14.5 Å². The van der Waals surface area contributed by atoms with E-state index >= 15 is 9.59 Å². The lowest BCUT2D eigenvalue weighted by Gasteiger charge is -2.56. The largest absolute Gasteiger partial charge is 0.497 e. The Kier molecular flexibility index (Phi) is 6.15. The second kappa shape index (κ2) is 9.86. The summed E-state index contributed by atoms with van der Waals surface area (Å²) in [6.07, 6.45) is 8.52. The zero-order chi connectivity index (χ0) is 32.8. The van der Waals surface area contributed by atoms with Crippen LogP contribution in [0.2, 0.25) is 0 Å². The van der Waals surface area contributed by atoms with Crippen molar-refractivity contribution in [3.05, 3.63) is 89.0 Å². The summed E-state index contributed by atoms with van der Waals surface area (Å²) in [7, 11) is 1.70. The smallest absolute Gasteiger partial charge is 0.189 e. The highest BCUT2D eigenvalue weighted by Crippen LogP contribution is 2.77. The van der Waals surface area contributed by atoms with Crippen molar-refractivity contribution >= 4 is 34.1 Å². The van der Waals surface area contributed by atoms with E-state index in [2.05, 4.69) is 61.2 Å². The van der Waals surface area contributed by atoms with E-state index in [1.807, 2.05) is 36.0 Å². The second-order valence-electron chi connectivity index (χ2n) is 16.7. The number of thioether (sulfide) groups is 1. The predicted molar refractivity (Wildman–Crippen MR) is 189 cm³/mol. The van der Waals surface area contributed by atoms with E-state index < -0.39 is 16.4 Å². The van der Waals surface area contributed by atoms with Gasteiger partial charge in [0.05, 0.1) is 18.6 Å². The molecule has 10 atom stereocenters. The molecule has 3 saturated carbocycles. The Bertz CT molecular complexity index is 1930. The van der Waals surface area contributed by atoms with E-state index in [1.54, 1.807) is 7.11 Å². The molecule has 2 heterocycles. The van der Waals surface area contributed by atoms with Crippen LogP contribution in [-0.2, 0) is 10.3 Å². The molecule has 0 unspecified atom stereocenters. The minimum absolute atomic E-state index is 0.0761. The van der Waals surface area contributed by atoms with E-state index in [-0.39, 0.29) is 35.2 Å². The molecule has 0 bridgehead atoms. The number of allylic oxidation sites excluding steroid dienone is 1. The van der Waals surface area contributed by atoms with Gasteiger partial charge in [-0.15, -0.1) is 11.8 Å². The van der Waals surface area contributed by atoms with Gasteiger partial charge in [0.2, 0.25) is 0 Å². The summed E-state index contributed by atoms with van der Waals surface area (Å²) in [5.41, 5.74) is 2.12. The molecule has 3 aromatic rings. The maximum atomic E-state index is 16.2. The summed E-state index contributed by atoms with van der Waals surface area (Å²) in [4.78, 5) is 34.4. The van der Waals surface area contributed by atoms with Crippen molar-refractivity contribution in [2.24, 2.45) is 34.0 Å². The van der Waals surface area contributed by atoms with Gasteiger partial charge in [0.25, 0.3) is 0 Å². The van der Waals surface area contributed by atoms with Crippen LogP contribution in [0.15, 0.2) is 72.3 Å². The minimum atomic E-state index is -1.03. The number of nitrogens with zero attached hydrogens (tertiary/aromatic N) is 1. The number of aliphatic hydroxyl groups is 1. The lowest BCUT2D eigenvalue weighted by atomic mass is 9.48. The molecule has 5 aliphatic carbocycles. The van der Waals surface area contributed by atoms with Gasteiger partial charge in [0.1, 0.15) is 17.1 Å². The quantitative estimate of drug-likeness (QED) is 0.282. The van der Waals surface area contributed by atoms with Crippen molar-refractivity contribution in [2.75, 3.05) is 18.7 Å². The maximum Gasteiger partial charge on any atom is 0.189 e. The van der Waals surface area contributed by atoms with Crippen LogP contribution in [0.1, 0.15) is 86.2 Å². The number of benzene rings is 3. The number of ketones is 2. The van der Waals surface area contributed by atoms with Crippen molar-refractivity contribution in [1.82, 2.24) is 4.90 Å². The first-order chi connectivity index (χ1) is 23.2. The van der Waals surface area contributed by atoms with Crippen LogP contribution in [0.25, 0.3) is 10.8 Å². The molecule has 7 aliphatic rings. The third-order valence-electron chi connectivity index (χ3n) is 15.2. The molecule has 0 radical (unpaired) electrons. The number of methoxy groups -OCH3 is 1. The Balaban J connectivity index is 1.22. The van der Waals surface area contributed by atoms with Gasteiger partial charge in [-0.05, 0) is 102 Å². The third-order valence-corrected chi connectivity index (χ3v) is 16.2. The molecule has 10 rings (SSSR count). The summed E-state index contributed by atoms with van der Waals surface area (Å²) >= 11 is 1.91. The molecule has 248 valence electrons. The molecule has 2 spiro atoms. The number of Topliss-reactive ketones (excluding diaryl/α,β-unsaturated/α-hetero) is 2. The Morgan fingerprint density at radius 3 is 2.50 bits per heavy atom. The van der Waals surface area contributed by atoms with Crippen LogP contribution >= 0.6 is 11.8 Å². The van der Waals surface area contributed by atoms with E-state index in [0.717, 1.165) is 89.8 Å². The van der Waals surface area contributed by atoms with Gasteiger partial charge >= 0.3 is 0 Å². The Labute approximate surface area is 287 Å². The second-order valence-corrected chi connectivity index (χ2v) is 17.7. The summed E-state index contributed by atoms with van der Waals surface area (Å²) < 4.78 is 5.60. The van der Waals surface area contributed by atoms with Crippen molar-refractivity contribution in [1.29, 1.82) is 0 Å². The predicted octanol–water partition coefficient (Wildman–Crippen LogP) is 7.90. The summed E-state index contributed by atoms with van der Waals surface area (Å²) in [5.74, 6) is 3.95. The van der Waals surface area contributed by atoms with Crippen molar-refractivity contribution in [3.63, 3.8) is 0 Å². The standard InChI is InChI=1S/C42H45NO4S/c1-39-18-16-27(44)20-26(39)12-15-29-31(39)17-19-40(2)33(29)21-41(38(40)46)36(25-10-13-28(47-3)14-11-25)34-22-48-23-43(34)42(41)32-9-5-7-24-6-4-8-30(35(24)32)37(42)45/h4-14,27,29,31,33-34,36,44H,15-23H2,1-3H3/t27-,29+,31-,33-,34-,36-,39-,40-,41-,42-/m0/s1. The van der Waals surface area contributed by atoms with Crippen LogP contribution in [0, 0.1) is 34.0 Å². The van der Waals surface area contributed by atoms with Gasteiger partial charge < -0.3 is 9.84 Å². The monoisotopic (exact) mass is 659 g/mol. The molecular weight excluding hydrogens is 615 g/mol. The number of carbonyl (C=O) groups is 2. The number of rotatable bonds is 2. The van der Waals surface area contributed by atoms with Gasteiger partial charge in [0.15, 0.2) is 5.78 Å². The fourth-order valence-electron chi connectivity index (χ4n) is 13.2. The van der Waals surface area contributed by atoms with Crippen molar-refractivity contribution < 1.29 is 19.4 Å². The zero-order valence-corrected chi connectivity index (χ0v) is 29.0. The van der Waals surface area contributed by atoms with E-state index in [1.165, 1.54) is 5.57 Å². The highest BCUT2D eigenvalue weighted by molar-refractivity contribution is 7.99. The molecule has 3 aromatic carbocycles. The maximum absolute atomic E-state index is 16.2. The molecule has 2 aliphatic heterocycles. The van der Waals surface area contributed by atoms with E-state index in [0.29, 0.717) is 17.6 Å². The van der Waals surface area contributed by atoms with Gasteiger partial charge in [-0.25, -0.2) is 0 Å². The first kappa shape index (κ1) is 29.9. The average Bonchev–Trinajstić information content (AvgIpc) is 3.80. The van der Waals surface area contributed by atoms with E-state index in [4.69, 9.17) is 4.74 Å². The van der Waals surface area contributed by atoms with Crippen molar-refractivity contribution in [3.8, 4) is 5.75 Å².